The van der Waals surface area contributed by atoms with E-state index < -0.39 is 0 Å². The molecule has 2 fully saturated rings. The molecule has 1 aromatic carbocycles. The third-order valence-electron chi connectivity index (χ3n) is 4.44. The lowest BCUT2D eigenvalue weighted by atomic mass is 10.1. The Bertz CT molecular complexity index is 631. The molecule has 3 rings (SSSR count). The molecule has 7 nitrogen and oxygen atoms in total. The molecule has 24 heavy (non-hydrogen) atoms. The molecule has 0 N–H and O–H groups in total. The molecule has 0 aromatic heterocycles. The molecule has 0 unspecified atom stereocenters. The fourth-order valence-electron chi connectivity index (χ4n) is 3.02. The predicted molar refractivity (Wildman–Crippen MR) is 86.7 cm³/mol. The van der Waals surface area contributed by atoms with E-state index in [-0.39, 0.29) is 18.4 Å². The number of carbonyl (C=O) groups is 2. The van der Waals surface area contributed by atoms with E-state index in [1.165, 1.54) is 21.3 Å². The summed E-state index contributed by atoms with van der Waals surface area (Å²) in [5.41, 5.74) is 0.414. The first-order valence-electron chi connectivity index (χ1n) is 7.97. The van der Waals surface area contributed by atoms with Crippen LogP contribution in [0, 0.1) is 0 Å². The average Bonchev–Trinajstić information content (AvgIpc) is 3.44. The van der Waals surface area contributed by atoms with Gasteiger partial charge in [-0.1, -0.05) is 0 Å². The van der Waals surface area contributed by atoms with Crippen molar-refractivity contribution in [2.24, 2.45) is 0 Å². The van der Waals surface area contributed by atoms with Crippen molar-refractivity contribution in [3.63, 3.8) is 0 Å². The second-order valence-electron chi connectivity index (χ2n) is 5.96. The number of amides is 2. The van der Waals surface area contributed by atoms with Crippen LogP contribution in [0.15, 0.2) is 12.1 Å². The summed E-state index contributed by atoms with van der Waals surface area (Å²) in [5.74, 6) is 1.08. The first-order valence-corrected chi connectivity index (χ1v) is 7.97. The average molecular weight is 334 g/mol. The Labute approximate surface area is 141 Å². The van der Waals surface area contributed by atoms with E-state index in [4.69, 9.17) is 14.2 Å². The summed E-state index contributed by atoms with van der Waals surface area (Å²) >= 11 is 0. The third-order valence-corrected chi connectivity index (χ3v) is 4.44. The predicted octanol–water partition coefficient (Wildman–Crippen LogP) is 1.16. The Morgan fingerprint density at radius 1 is 1.04 bits per heavy atom. The molecule has 2 amide bonds. The van der Waals surface area contributed by atoms with Crippen molar-refractivity contribution in [3.05, 3.63) is 17.7 Å². The molecule has 1 saturated carbocycles. The molecule has 1 aliphatic heterocycles. The fraction of sp³-hybridized carbons (Fsp3) is 0.529. The van der Waals surface area contributed by atoms with Gasteiger partial charge in [-0.2, -0.15) is 0 Å². The maximum Gasteiger partial charge on any atom is 0.254 e. The number of benzene rings is 1. The van der Waals surface area contributed by atoms with E-state index in [2.05, 4.69) is 0 Å². The minimum absolute atomic E-state index is 0.0181. The number of carbonyl (C=O) groups excluding carboxylic acids is 2. The van der Waals surface area contributed by atoms with Crippen LogP contribution in [0.4, 0.5) is 0 Å². The molecule has 1 aliphatic carbocycles. The molecule has 0 atom stereocenters. The van der Waals surface area contributed by atoms with Crippen LogP contribution in [-0.4, -0.2) is 68.6 Å². The molecule has 0 bridgehead atoms. The Balaban J connectivity index is 1.80. The standard InChI is InChI=1S/C17H22N2O5/c1-22-13-8-11(9-14(23-2)16(13)24-3)17(21)18-6-7-19(12-4-5-12)15(20)10-18/h8-9,12H,4-7,10H2,1-3H3. The van der Waals surface area contributed by atoms with E-state index >= 15 is 0 Å². The van der Waals surface area contributed by atoms with Crippen LogP contribution in [0.3, 0.4) is 0 Å². The molecule has 1 saturated heterocycles. The normalized spacial score (nSPS) is 17.7. The minimum atomic E-state index is -0.210. The molecule has 7 heteroatoms. The van der Waals surface area contributed by atoms with Gasteiger partial charge in [0.1, 0.15) is 6.54 Å². The Morgan fingerprint density at radius 3 is 2.12 bits per heavy atom. The summed E-state index contributed by atoms with van der Waals surface area (Å²) in [6.45, 7) is 1.25. The lowest BCUT2D eigenvalue weighted by Gasteiger charge is -2.34. The van der Waals surface area contributed by atoms with Crippen LogP contribution in [0.2, 0.25) is 0 Å². The fourth-order valence-corrected chi connectivity index (χ4v) is 3.02. The summed E-state index contributed by atoms with van der Waals surface area (Å²) in [7, 11) is 4.52. The lowest BCUT2D eigenvalue weighted by Crippen LogP contribution is -2.52. The Hall–Kier alpha value is -2.44. The largest absolute Gasteiger partial charge is 0.493 e. The highest BCUT2D eigenvalue weighted by atomic mass is 16.5. The minimum Gasteiger partial charge on any atom is -0.493 e. The molecule has 130 valence electrons. The van der Waals surface area contributed by atoms with Crippen LogP contribution in [-0.2, 0) is 4.79 Å². The van der Waals surface area contributed by atoms with Gasteiger partial charge in [-0.15, -0.1) is 0 Å². The van der Waals surface area contributed by atoms with Gasteiger partial charge in [0.25, 0.3) is 5.91 Å². The van der Waals surface area contributed by atoms with Crippen LogP contribution in [0.1, 0.15) is 23.2 Å². The Kier molecular flexibility index (Phi) is 4.51. The maximum atomic E-state index is 12.8. The molecule has 1 heterocycles. The first kappa shape index (κ1) is 16.4. The number of ether oxygens (including phenoxy) is 3. The molecular formula is C17H22N2O5. The van der Waals surface area contributed by atoms with Gasteiger partial charge < -0.3 is 24.0 Å². The zero-order valence-electron chi connectivity index (χ0n) is 14.2. The Morgan fingerprint density at radius 2 is 1.67 bits per heavy atom. The SMILES string of the molecule is COc1cc(C(=O)N2CCN(C3CC3)C(=O)C2)cc(OC)c1OC. The topological polar surface area (TPSA) is 68.3 Å². The van der Waals surface area contributed by atoms with Gasteiger partial charge in [0.2, 0.25) is 11.7 Å². The summed E-state index contributed by atoms with van der Waals surface area (Å²) in [5, 5.41) is 0. The van der Waals surface area contributed by atoms with Crippen molar-refractivity contribution >= 4 is 11.8 Å². The van der Waals surface area contributed by atoms with Crippen molar-refractivity contribution < 1.29 is 23.8 Å². The zero-order chi connectivity index (χ0) is 17.3. The van der Waals surface area contributed by atoms with Crippen LogP contribution in [0.5, 0.6) is 17.2 Å². The molecule has 1 aromatic rings. The van der Waals surface area contributed by atoms with Crippen LogP contribution >= 0.6 is 0 Å². The van der Waals surface area contributed by atoms with E-state index in [0.717, 1.165) is 12.8 Å². The monoisotopic (exact) mass is 334 g/mol. The van der Waals surface area contributed by atoms with Gasteiger partial charge in [-0.05, 0) is 25.0 Å². The van der Waals surface area contributed by atoms with Gasteiger partial charge in [0, 0.05) is 24.7 Å². The van der Waals surface area contributed by atoms with E-state index in [1.54, 1.807) is 17.0 Å². The molecular weight excluding hydrogens is 312 g/mol. The second-order valence-corrected chi connectivity index (χ2v) is 5.96. The van der Waals surface area contributed by atoms with Gasteiger partial charge >= 0.3 is 0 Å². The lowest BCUT2D eigenvalue weighted by molar-refractivity contribution is -0.135. The van der Waals surface area contributed by atoms with E-state index in [0.29, 0.717) is 41.9 Å². The number of methoxy groups -OCH3 is 3. The third kappa shape index (κ3) is 2.98. The van der Waals surface area contributed by atoms with Crippen LogP contribution < -0.4 is 14.2 Å². The van der Waals surface area contributed by atoms with Gasteiger partial charge in [-0.3, -0.25) is 9.59 Å². The summed E-state index contributed by atoms with van der Waals surface area (Å²) < 4.78 is 15.8. The summed E-state index contributed by atoms with van der Waals surface area (Å²) in [4.78, 5) is 28.5. The van der Waals surface area contributed by atoms with Crippen molar-refractivity contribution in [2.45, 2.75) is 18.9 Å². The van der Waals surface area contributed by atoms with Crippen LogP contribution in [0.25, 0.3) is 0 Å². The number of hydrogen-bond donors (Lipinski definition) is 0. The van der Waals surface area contributed by atoms with Gasteiger partial charge in [-0.25, -0.2) is 0 Å². The quantitative estimate of drug-likeness (QED) is 0.808. The number of hydrogen-bond acceptors (Lipinski definition) is 5. The molecule has 0 radical (unpaired) electrons. The first-order chi connectivity index (χ1) is 11.6. The summed E-state index contributed by atoms with van der Waals surface area (Å²) in [6.07, 6.45) is 2.15. The van der Waals surface area contributed by atoms with Gasteiger partial charge in [0.15, 0.2) is 11.5 Å². The number of piperazine rings is 1. The second kappa shape index (κ2) is 6.59. The van der Waals surface area contributed by atoms with Crippen molar-refractivity contribution in [3.8, 4) is 17.2 Å². The van der Waals surface area contributed by atoms with E-state index in [9.17, 15) is 9.59 Å². The highest BCUT2D eigenvalue weighted by Crippen LogP contribution is 2.38. The van der Waals surface area contributed by atoms with Crippen molar-refractivity contribution in [2.75, 3.05) is 41.0 Å². The number of rotatable bonds is 5. The van der Waals surface area contributed by atoms with Crippen molar-refractivity contribution in [1.82, 2.24) is 9.80 Å². The maximum absolute atomic E-state index is 12.8. The summed E-state index contributed by atoms with van der Waals surface area (Å²) in [6, 6.07) is 3.61. The molecule has 0 spiro atoms. The molecule has 2 aliphatic rings. The van der Waals surface area contributed by atoms with E-state index in [1.807, 2.05) is 4.90 Å². The van der Waals surface area contributed by atoms with Gasteiger partial charge in [0.05, 0.1) is 21.3 Å². The van der Waals surface area contributed by atoms with Crippen molar-refractivity contribution in [1.29, 1.82) is 0 Å². The zero-order valence-corrected chi connectivity index (χ0v) is 14.2. The highest BCUT2D eigenvalue weighted by molar-refractivity contribution is 5.98. The smallest absolute Gasteiger partial charge is 0.254 e. The number of nitrogens with zero attached hydrogens (tertiary/aromatic N) is 2. The highest BCUT2D eigenvalue weighted by Gasteiger charge is 2.37.